The molecule has 1 heterocycles. The number of rotatable bonds is 1. The van der Waals surface area contributed by atoms with Gasteiger partial charge in [-0.25, -0.2) is 0 Å². The quantitative estimate of drug-likeness (QED) is 0.395. The Morgan fingerprint density at radius 3 is 2.15 bits per heavy atom. The topological polar surface area (TPSA) is 90.2 Å². The minimum absolute atomic E-state index is 0.557. The van der Waals surface area contributed by atoms with Crippen molar-refractivity contribution in [2.45, 2.75) is 30.5 Å². The van der Waals surface area contributed by atoms with Gasteiger partial charge in [0, 0.05) is 0 Å². The van der Waals surface area contributed by atoms with Crippen LogP contribution >= 0.6 is 0 Å². The highest BCUT2D eigenvalue weighted by atomic mass is 19.3. The minimum Gasteiger partial charge on any atom is -0.388 e. The minimum atomic E-state index is -4.24. The van der Waals surface area contributed by atoms with Gasteiger partial charge in [0.25, 0.3) is 0 Å². The van der Waals surface area contributed by atoms with Crippen molar-refractivity contribution in [2.24, 2.45) is 0 Å². The lowest BCUT2D eigenvalue weighted by Crippen LogP contribution is -2.58. The summed E-state index contributed by atoms with van der Waals surface area (Å²) in [5.74, 6) is 0. The summed E-state index contributed by atoms with van der Waals surface area (Å²) in [5, 5.41) is 35.0. The molecule has 0 amide bonds. The third-order valence-corrected chi connectivity index (χ3v) is 1.84. The summed E-state index contributed by atoms with van der Waals surface area (Å²) in [5.41, 5.74) is 0. The number of hydrogen-bond acceptors (Lipinski definition) is 5. The maximum absolute atomic E-state index is 12.2. The summed E-state index contributed by atoms with van der Waals surface area (Å²) < 4.78 is 28.8. The number of hydrogen-bond donors (Lipinski definition) is 4. The first-order valence-corrected chi connectivity index (χ1v) is 3.60. The molecule has 5 nitrogen and oxygen atoms in total. The molecule has 0 spiro atoms. The Kier molecular flexibility index (Phi) is 2.83. The van der Waals surface area contributed by atoms with Gasteiger partial charge in [-0.05, 0) is 0 Å². The van der Waals surface area contributed by atoms with E-state index in [2.05, 4.69) is 4.74 Å². The maximum Gasteiger partial charge on any atom is 0.382 e. The standard InChI is InChI=1S/C6H10F2O5/c7-6(8,12)5-4(11)3(10)2(9)1-13-5/h2-5,9-12H,1H2/t2-,3+,4-,5-/m0/s1. The van der Waals surface area contributed by atoms with Crippen molar-refractivity contribution in [1.29, 1.82) is 0 Å². The van der Waals surface area contributed by atoms with E-state index in [1.54, 1.807) is 0 Å². The van der Waals surface area contributed by atoms with Crippen LogP contribution in [-0.2, 0) is 4.74 Å². The Morgan fingerprint density at radius 2 is 1.69 bits per heavy atom. The summed E-state index contributed by atoms with van der Waals surface area (Å²) in [6, 6.07) is 0. The first-order valence-electron chi connectivity index (χ1n) is 3.60. The molecule has 0 aromatic rings. The zero-order chi connectivity index (χ0) is 10.2. The van der Waals surface area contributed by atoms with Gasteiger partial charge in [0.2, 0.25) is 0 Å². The first-order chi connectivity index (χ1) is 5.84. The van der Waals surface area contributed by atoms with Crippen molar-refractivity contribution < 1.29 is 33.9 Å². The molecule has 78 valence electrons. The summed E-state index contributed by atoms with van der Waals surface area (Å²) in [6.45, 7) is -0.557. The lowest BCUT2D eigenvalue weighted by Gasteiger charge is -2.36. The fourth-order valence-electron chi connectivity index (χ4n) is 1.11. The predicted molar refractivity (Wildman–Crippen MR) is 34.9 cm³/mol. The van der Waals surface area contributed by atoms with Crippen LogP contribution in [-0.4, -0.2) is 57.6 Å². The maximum atomic E-state index is 12.2. The largest absolute Gasteiger partial charge is 0.388 e. The van der Waals surface area contributed by atoms with E-state index in [0.29, 0.717) is 0 Å². The molecule has 0 aliphatic carbocycles. The molecule has 4 atom stereocenters. The van der Waals surface area contributed by atoms with Gasteiger partial charge in [-0.3, -0.25) is 0 Å². The molecule has 4 N–H and O–H groups in total. The van der Waals surface area contributed by atoms with Crippen LogP contribution in [0, 0.1) is 0 Å². The van der Waals surface area contributed by atoms with Crippen LogP contribution in [0.25, 0.3) is 0 Å². The zero-order valence-corrected chi connectivity index (χ0v) is 6.47. The summed E-state index contributed by atoms with van der Waals surface area (Å²) in [4.78, 5) is 0. The Balaban J connectivity index is 2.70. The zero-order valence-electron chi connectivity index (χ0n) is 6.47. The average molecular weight is 200 g/mol. The molecular formula is C6H10F2O5. The van der Waals surface area contributed by atoms with Crippen LogP contribution in [0.2, 0.25) is 0 Å². The average Bonchev–Trinajstić information content (AvgIpc) is 1.98. The van der Waals surface area contributed by atoms with Gasteiger partial charge < -0.3 is 25.2 Å². The molecule has 0 bridgehead atoms. The molecule has 0 radical (unpaired) electrons. The van der Waals surface area contributed by atoms with Crippen LogP contribution in [0.4, 0.5) is 8.78 Å². The monoisotopic (exact) mass is 200 g/mol. The molecule has 1 aliphatic heterocycles. The van der Waals surface area contributed by atoms with E-state index in [1.165, 1.54) is 0 Å². The number of ether oxygens (including phenoxy) is 1. The SMILES string of the molecule is O[C@H]1[C@H](O)[C@@H](C(O)(F)F)OC[C@@H]1O. The Morgan fingerprint density at radius 1 is 1.15 bits per heavy atom. The number of halogens is 2. The molecule has 1 fully saturated rings. The van der Waals surface area contributed by atoms with E-state index >= 15 is 0 Å². The van der Waals surface area contributed by atoms with Crippen LogP contribution in [0.1, 0.15) is 0 Å². The summed E-state index contributed by atoms with van der Waals surface area (Å²) in [6.07, 6.45) is -11.6. The van der Waals surface area contributed by atoms with Crippen LogP contribution in [0.15, 0.2) is 0 Å². The third kappa shape index (κ3) is 2.12. The second-order valence-electron chi connectivity index (χ2n) is 2.89. The van der Waals surface area contributed by atoms with Gasteiger partial charge in [0.1, 0.15) is 18.3 Å². The van der Waals surface area contributed by atoms with E-state index in [9.17, 15) is 8.78 Å². The summed E-state index contributed by atoms with van der Waals surface area (Å²) >= 11 is 0. The molecule has 0 aromatic heterocycles. The molecule has 1 rings (SSSR count). The normalized spacial score (nSPS) is 42.0. The second kappa shape index (κ2) is 3.43. The Bertz CT molecular complexity index is 182. The van der Waals surface area contributed by atoms with Crippen molar-refractivity contribution in [3.8, 4) is 0 Å². The molecule has 0 aromatic carbocycles. The van der Waals surface area contributed by atoms with Crippen molar-refractivity contribution in [1.82, 2.24) is 0 Å². The van der Waals surface area contributed by atoms with Gasteiger partial charge >= 0.3 is 6.11 Å². The highest BCUT2D eigenvalue weighted by Crippen LogP contribution is 2.26. The van der Waals surface area contributed by atoms with Gasteiger partial charge in [-0.1, -0.05) is 0 Å². The molecule has 1 aliphatic rings. The van der Waals surface area contributed by atoms with Gasteiger partial charge in [0.15, 0.2) is 6.10 Å². The fraction of sp³-hybridized carbons (Fsp3) is 1.00. The van der Waals surface area contributed by atoms with E-state index < -0.39 is 37.1 Å². The highest BCUT2D eigenvalue weighted by Gasteiger charge is 2.50. The van der Waals surface area contributed by atoms with E-state index in [1.807, 2.05) is 0 Å². The van der Waals surface area contributed by atoms with E-state index in [0.717, 1.165) is 0 Å². The van der Waals surface area contributed by atoms with Crippen molar-refractivity contribution in [3.63, 3.8) is 0 Å². The number of aliphatic hydroxyl groups excluding tert-OH is 3. The number of alkyl halides is 2. The molecule has 13 heavy (non-hydrogen) atoms. The van der Waals surface area contributed by atoms with Crippen molar-refractivity contribution >= 4 is 0 Å². The number of aliphatic hydroxyl groups is 4. The fourth-order valence-corrected chi connectivity index (χ4v) is 1.11. The van der Waals surface area contributed by atoms with E-state index in [4.69, 9.17) is 20.4 Å². The van der Waals surface area contributed by atoms with Crippen molar-refractivity contribution in [2.75, 3.05) is 6.61 Å². The first kappa shape index (κ1) is 10.7. The lowest BCUT2D eigenvalue weighted by molar-refractivity contribution is -0.321. The van der Waals surface area contributed by atoms with E-state index in [-0.39, 0.29) is 0 Å². The summed E-state index contributed by atoms with van der Waals surface area (Å²) in [7, 11) is 0. The van der Waals surface area contributed by atoms with Crippen LogP contribution < -0.4 is 0 Å². The van der Waals surface area contributed by atoms with Gasteiger partial charge in [-0.15, -0.1) is 0 Å². The van der Waals surface area contributed by atoms with Gasteiger partial charge in [-0.2, -0.15) is 8.78 Å². The second-order valence-corrected chi connectivity index (χ2v) is 2.89. The Hall–Kier alpha value is -0.340. The third-order valence-electron chi connectivity index (χ3n) is 1.84. The van der Waals surface area contributed by atoms with Crippen molar-refractivity contribution in [3.05, 3.63) is 0 Å². The molecule has 7 heteroatoms. The van der Waals surface area contributed by atoms with Crippen LogP contribution in [0.3, 0.4) is 0 Å². The smallest absolute Gasteiger partial charge is 0.382 e. The molecule has 1 saturated heterocycles. The molecule has 0 unspecified atom stereocenters. The van der Waals surface area contributed by atoms with Crippen LogP contribution in [0.5, 0.6) is 0 Å². The molecular weight excluding hydrogens is 190 g/mol. The molecule has 0 saturated carbocycles. The predicted octanol–water partition coefficient (Wildman–Crippen LogP) is -1.95. The van der Waals surface area contributed by atoms with Gasteiger partial charge in [0.05, 0.1) is 6.61 Å². The highest BCUT2D eigenvalue weighted by molar-refractivity contribution is 4.89. The lowest BCUT2D eigenvalue weighted by atomic mass is 9.99. The Labute approximate surface area is 72.2 Å².